The van der Waals surface area contributed by atoms with E-state index in [1.54, 1.807) is 0 Å². The second-order valence-electron chi connectivity index (χ2n) is 5.17. The maximum atomic E-state index is 12.3. The number of rotatable bonds is 4. The van der Waals surface area contributed by atoms with E-state index >= 15 is 0 Å². The van der Waals surface area contributed by atoms with Crippen LogP contribution in [-0.2, 0) is 23.8 Å². The van der Waals surface area contributed by atoms with Crippen molar-refractivity contribution in [2.75, 3.05) is 0 Å². The van der Waals surface area contributed by atoms with Gasteiger partial charge in [-0.3, -0.25) is 0 Å². The van der Waals surface area contributed by atoms with Crippen LogP contribution in [0.5, 0.6) is 0 Å². The van der Waals surface area contributed by atoms with Gasteiger partial charge in [0.25, 0.3) is 0 Å². The summed E-state index contributed by atoms with van der Waals surface area (Å²) in [6.45, 7) is 6.60. The van der Waals surface area contributed by atoms with Crippen LogP contribution in [0.1, 0.15) is 34.1 Å². The summed E-state index contributed by atoms with van der Waals surface area (Å²) >= 11 is 0. The molecular weight excluding hydrogens is 289 g/mol. The van der Waals surface area contributed by atoms with E-state index in [-0.39, 0.29) is 5.92 Å². The molecule has 9 heteroatoms. The van der Waals surface area contributed by atoms with Crippen LogP contribution in [0.3, 0.4) is 0 Å². The summed E-state index contributed by atoms with van der Waals surface area (Å²) in [7, 11) is -5.71. The molecule has 0 spiro atoms. The largest absolute Gasteiger partial charge is 0.523 e. The van der Waals surface area contributed by atoms with E-state index in [2.05, 4.69) is 4.18 Å². The number of alkyl halides is 3. The third-order valence-corrected chi connectivity index (χ3v) is 3.36. The molecule has 0 bridgehead atoms. The Kier molecular flexibility index (Phi) is 4.56. The normalized spacial score (nSPS) is 28.0. The second-order valence-corrected chi connectivity index (χ2v) is 6.73. The average Bonchev–Trinajstić information content (AvgIpc) is 2.36. The monoisotopic (exact) mass is 306 g/mol. The average molecular weight is 306 g/mol. The highest BCUT2D eigenvalue weighted by Gasteiger charge is 2.53. The zero-order valence-corrected chi connectivity index (χ0v) is 11.8. The Morgan fingerprint density at radius 2 is 1.79 bits per heavy atom. The van der Waals surface area contributed by atoms with Gasteiger partial charge in [0.1, 0.15) is 6.10 Å². The summed E-state index contributed by atoms with van der Waals surface area (Å²) in [6, 6.07) is 0. The Balaban J connectivity index is 2.86. The Morgan fingerprint density at radius 1 is 1.26 bits per heavy atom. The van der Waals surface area contributed by atoms with Gasteiger partial charge in [-0.05, 0) is 26.2 Å². The summed E-state index contributed by atoms with van der Waals surface area (Å²) in [6.07, 6.45) is -2.14. The van der Waals surface area contributed by atoms with Crippen molar-refractivity contribution in [1.29, 1.82) is 0 Å². The molecule has 0 saturated carbocycles. The minimum absolute atomic E-state index is 0.0854. The lowest BCUT2D eigenvalue weighted by atomic mass is 10.1. The molecule has 1 aliphatic heterocycles. The molecule has 1 fully saturated rings. The molecule has 0 aromatic rings. The van der Waals surface area contributed by atoms with Crippen LogP contribution in [-0.4, -0.2) is 32.1 Å². The zero-order valence-electron chi connectivity index (χ0n) is 11.0. The quantitative estimate of drug-likeness (QED) is 0.589. The highest BCUT2D eigenvalue weighted by atomic mass is 32.2. The summed E-state index contributed by atoms with van der Waals surface area (Å²) in [5.74, 6) is -1.10. The molecule has 1 heterocycles. The van der Waals surface area contributed by atoms with E-state index in [0.717, 1.165) is 0 Å². The molecule has 0 amide bonds. The fourth-order valence-corrected chi connectivity index (χ4v) is 2.21. The summed E-state index contributed by atoms with van der Waals surface area (Å²) in [4.78, 5) is 0. The van der Waals surface area contributed by atoms with Gasteiger partial charge in [-0.1, -0.05) is 13.8 Å². The lowest BCUT2D eigenvalue weighted by Crippen LogP contribution is -2.35. The van der Waals surface area contributed by atoms with E-state index < -0.39 is 33.8 Å². The molecule has 19 heavy (non-hydrogen) atoms. The molecule has 114 valence electrons. The fourth-order valence-electron chi connectivity index (χ4n) is 1.69. The summed E-state index contributed by atoms with van der Waals surface area (Å²) < 4.78 is 73.2. The topological polar surface area (TPSA) is 61.8 Å². The highest BCUT2D eigenvalue weighted by Crippen LogP contribution is 2.35. The van der Waals surface area contributed by atoms with Crippen LogP contribution in [0.4, 0.5) is 13.2 Å². The SMILES string of the molecule is CC(C)C[C@H]1OC(C)(C)O[C@H]1OS(=O)(=O)C(F)(F)F. The van der Waals surface area contributed by atoms with Gasteiger partial charge in [0.05, 0.1) is 0 Å². The van der Waals surface area contributed by atoms with Gasteiger partial charge in [0.15, 0.2) is 5.79 Å². The summed E-state index contributed by atoms with van der Waals surface area (Å²) in [5, 5.41) is 0. The van der Waals surface area contributed by atoms with Crippen molar-refractivity contribution >= 4 is 10.1 Å². The Bertz CT molecular complexity index is 415. The number of hydrogen-bond acceptors (Lipinski definition) is 5. The molecule has 0 N–H and O–H groups in total. The van der Waals surface area contributed by atoms with Gasteiger partial charge in [-0.25, -0.2) is 4.18 Å². The van der Waals surface area contributed by atoms with Gasteiger partial charge in [0.2, 0.25) is 6.29 Å². The highest BCUT2D eigenvalue weighted by molar-refractivity contribution is 7.87. The first-order valence-electron chi connectivity index (χ1n) is 5.69. The minimum Gasteiger partial charge on any atom is -0.342 e. The second kappa shape index (κ2) is 5.19. The van der Waals surface area contributed by atoms with Crippen molar-refractivity contribution in [3.05, 3.63) is 0 Å². The molecular formula is C10H17F3O5S. The number of halogens is 3. The predicted molar refractivity (Wildman–Crippen MR) is 59.3 cm³/mol. The lowest BCUT2D eigenvalue weighted by Gasteiger charge is -2.19. The standard InChI is InChI=1S/C10H17F3O5S/c1-6(2)5-7-8(17-9(3,4)16-7)18-19(14,15)10(11,12)13/h6-8H,5H2,1-4H3/t7-,8+/m1/s1. The van der Waals surface area contributed by atoms with Crippen molar-refractivity contribution < 1.29 is 35.2 Å². The molecule has 5 nitrogen and oxygen atoms in total. The first-order chi connectivity index (χ1) is 8.34. The smallest absolute Gasteiger partial charge is 0.342 e. The van der Waals surface area contributed by atoms with Gasteiger partial charge in [-0.15, -0.1) is 0 Å². The number of hydrogen-bond donors (Lipinski definition) is 0. The molecule has 1 saturated heterocycles. The Morgan fingerprint density at radius 3 is 2.21 bits per heavy atom. The molecule has 0 aliphatic carbocycles. The van der Waals surface area contributed by atoms with Crippen LogP contribution in [0, 0.1) is 5.92 Å². The van der Waals surface area contributed by atoms with Crippen LogP contribution >= 0.6 is 0 Å². The summed E-state index contributed by atoms with van der Waals surface area (Å²) in [5.41, 5.74) is -5.48. The van der Waals surface area contributed by atoms with Crippen molar-refractivity contribution in [3.8, 4) is 0 Å². The van der Waals surface area contributed by atoms with Crippen molar-refractivity contribution in [3.63, 3.8) is 0 Å². The van der Waals surface area contributed by atoms with Gasteiger partial charge in [0, 0.05) is 0 Å². The zero-order chi connectivity index (χ0) is 15.1. The molecule has 0 aromatic carbocycles. The first kappa shape index (κ1) is 16.7. The molecule has 0 unspecified atom stereocenters. The van der Waals surface area contributed by atoms with Gasteiger partial charge < -0.3 is 9.47 Å². The first-order valence-corrected chi connectivity index (χ1v) is 7.10. The van der Waals surface area contributed by atoms with Crippen LogP contribution in [0.2, 0.25) is 0 Å². The Labute approximate surface area is 110 Å². The maximum Gasteiger partial charge on any atom is 0.523 e. The van der Waals surface area contributed by atoms with Crippen molar-refractivity contribution in [1.82, 2.24) is 0 Å². The van der Waals surface area contributed by atoms with Crippen LogP contribution < -0.4 is 0 Å². The van der Waals surface area contributed by atoms with E-state index in [1.807, 2.05) is 13.8 Å². The molecule has 1 aliphatic rings. The molecule has 1 rings (SSSR count). The third kappa shape index (κ3) is 4.30. The van der Waals surface area contributed by atoms with E-state index in [9.17, 15) is 21.6 Å². The van der Waals surface area contributed by atoms with Gasteiger partial charge >= 0.3 is 15.6 Å². The lowest BCUT2D eigenvalue weighted by molar-refractivity contribution is -0.171. The molecule has 2 atom stereocenters. The predicted octanol–water partition coefficient (Wildman–Crippen LogP) is 2.38. The maximum absolute atomic E-state index is 12.3. The molecule has 0 radical (unpaired) electrons. The Hall–Kier alpha value is -0.380. The van der Waals surface area contributed by atoms with Crippen LogP contribution in [0.25, 0.3) is 0 Å². The van der Waals surface area contributed by atoms with Crippen molar-refractivity contribution in [2.24, 2.45) is 5.92 Å². The van der Waals surface area contributed by atoms with E-state index in [0.29, 0.717) is 6.42 Å². The van der Waals surface area contributed by atoms with E-state index in [4.69, 9.17) is 9.47 Å². The number of ether oxygens (including phenoxy) is 2. The third-order valence-electron chi connectivity index (χ3n) is 2.35. The fraction of sp³-hybridized carbons (Fsp3) is 1.00. The van der Waals surface area contributed by atoms with Crippen LogP contribution in [0.15, 0.2) is 0 Å². The van der Waals surface area contributed by atoms with Crippen molar-refractivity contribution in [2.45, 2.75) is 57.8 Å². The van der Waals surface area contributed by atoms with Gasteiger partial charge in [-0.2, -0.15) is 21.6 Å². The minimum atomic E-state index is -5.71. The van der Waals surface area contributed by atoms with E-state index in [1.165, 1.54) is 13.8 Å². The molecule has 0 aromatic heterocycles.